The Kier molecular flexibility index (Phi) is 3.07. The molecule has 160 valence electrons. The minimum atomic E-state index is -0.774. The Labute approximate surface area is 178 Å². The van der Waals surface area contributed by atoms with Crippen molar-refractivity contribution in [2.45, 2.75) is 76.0 Å². The highest BCUT2D eigenvalue weighted by Gasteiger charge is 2.78. The lowest BCUT2D eigenvalue weighted by atomic mass is 9.34. The number of piperidine rings is 1. The minimum Gasteiger partial charge on any atom is -0.504 e. The highest BCUT2D eigenvalue weighted by atomic mass is 16.5. The van der Waals surface area contributed by atoms with E-state index >= 15 is 0 Å². The number of fused-ring (bicyclic) bond motifs is 1. The number of rotatable bonds is 3. The molecule has 2 heterocycles. The number of phenols is 1. The van der Waals surface area contributed by atoms with E-state index < -0.39 is 5.60 Å². The SMILES string of the molecule is CC(C)(O)[C@H]1C[C@@]23C=C[C@]1(C)[C@@H]1Oc4c(O)ccc5c4[C@@]12CCN(CC1CC1)[C@H]3C5. The van der Waals surface area contributed by atoms with Crippen LogP contribution in [0.15, 0.2) is 24.3 Å². The molecule has 6 atom stereocenters. The fourth-order valence-corrected chi connectivity index (χ4v) is 8.76. The maximum absolute atomic E-state index is 11.3. The molecule has 3 fully saturated rings. The molecule has 0 unspecified atom stereocenters. The molecular weight excluding hydrogens is 374 g/mol. The number of hydrogen-bond donors (Lipinski definition) is 2. The third kappa shape index (κ3) is 1.81. The first-order valence-electron chi connectivity index (χ1n) is 11.9. The van der Waals surface area contributed by atoms with Gasteiger partial charge in [0.05, 0.1) is 5.60 Å². The highest BCUT2D eigenvalue weighted by molar-refractivity contribution is 5.64. The topological polar surface area (TPSA) is 52.9 Å². The first-order chi connectivity index (χ1) is 14.2. The molecular formula is C26H33NO3. The number of aromatic hydroxyl groups is 1. The maximum Gasteiger partial charge on any atom is 0.165 e. The molecule has 2 saturated carbocycles. The van der Waals surface area contributed by atoms with Crippen molar-refractivity contribution < 1.29 is 14.9 Å². The van der Waals surface area contributed by atoms with Crippen molar-refractivity contribution in [2.75, 3.05) is 13.1 Å². The molecule has 7 aliphatic rings. The Bertz CT molecular complexity index is 991. The van der Waals surface area contributed by atoms with Crippen LogP contribution < -0.4 is 4.74 Å². The van der Waals surface area contributed by atoms with Crippen molar-refractivity contribution in [3.8, 4) is 11.5 Å². The van der Waals surface area contributed by atoms with E-state index in [1.807, 2.05) is 19.9 Å². The van der Waals surface area contributed by atoms with Crippen LogP contribution in [0.1, 0.15) is 57.6 Å². The Morgan fingerprint density at radius 1 is 1.23 bits per heavy atom. The molecule has 30 heavy (non-hydrogen) atoms. The summed E-state index contributed by atoms with van der Waals surface area (Å²) in [4.78, 5) is 2.79. The first-order valence-corrected chi connectivity index (χ1v) is 11.9. The molecule has 1 saturated heterocycles. The van der Waals surface area contributed by atoms with Gasteiger partial charge < -0.3 is 14.9 Å². The normalized spacial score (nSPS) is 45.4. The van der Waals surface area contributed by atoms with Crippen LogP contribution in [0.2, 0.25) is 0 Å². The van der Waals surface area contributed by atoms with Crippen molar-refractivity contribution in [1.29, 1.82) is 0 Å². The van der Waals surface area contributed by atoms with Crippen LogP contribution in [0.5, 0.6) is 11.5 Å². The van der Waals surface area contributed by atoms with Gasteiger partial charge in [-0.15, -0.1) is 0 Å². The van der Waals surface area contributed by atoms with Gasteiger partial charge >= 0.3 is 0 Å². The molecule has 0 amide bonds. The van der Waals surface area contributed by atoms with Crippen LogP contribution in [-0.2, 0) is 11.8 Å². The zero-order chi connectivity index (χ0) is 20.7. The number of ether oxygens (including phenoxy) is 1. The molecule has 2 spiro atoms. The van der Waals surface area contributed by atoms with Crippen LogP contribution in [0.25, 0.3) is 0 Å². The van der Waals surface area contributed by atoms with Gasteiger partial charge in [-0.3, -0.25) is 4.90 Å². The summed E-state index contributed by atoms with van der Waals surface area (Å²) in [6.07, 6.45) is 10.8. The van der Waals surface area contributed by atoms with E-state index in [-0.39, 0.29) is 34.0 Å². The van der Waals surface area contributed by atoms with Crippen molar-refractivity contribution in [3.05, 3.63) is 35.4 Å². The minimum absolute atomic E-state index is 0.0203. The zero-order valence-electron chi connectivity index (χ0n) is 18.3. The van der Waals surface area contributed by atoms with Gasteiger partial charge in [-0.1, -0.05) is 25.1 Å². The second-order valence-corrected chi connectivity index (χ2v) is 12.0. The second kappa shape index (κ2) is 5.10. The Morgan fingerprint density at radius 2 is 2.03 bits per heavy atom. The van der Waals surface area contributed by atoms with Gasteiger partial charge in [-0.25, -0.2) is 0 Å². The van der Waals surface area contributed by atoms with Crippen LogP contribution in [0, 0.1) is 22.7 Å². The van der Waals surface area contributed by atoms with E-state index in [9.17, 15) is 10.2 Å². The van der Waals surface area contributed by atoms with Gasteiger partial charge in [0, 0.05) is 40.3 Å². The Morgan fingerprint density at radius 3 is 2.77 bits per heavy atom. The molecule has 0 aromatic heterocycles. The van der Waals surface area contributed by atoms with Crippen LogP contribution in [0.4, 0.5) is 0 Å². The largest absolute Gasteiger partial charge is 0.504 e. The van der Waals surface area contributed by atoms with Crippen molar-refractivity contribution in [1.82, 2.24) is 4.90 Å². The molecule has 1 aromatic carbocycles. The maximum atomic E-state index is 11.3. The molecule has 4 bridgehead atoms. The van der Waals surface area contributed by atoms with Crippen molar-refractivity contribution in [3.63, 3.8) is 0 Å². The molecule has 4 nitrogen and oxygen atoms in total. The molecule has 2 aliphatic heterocycles. The summed E-state index contributed by atoms with van der Waals surface area (Å²) in [5.41, 5.74) is 1.56. The lowest BCUT2D eigenvalue weighted by Gasteiger charge is -2.72. The summed E-state index contributed by atoms with van der Waals surface area (Å²) >= 11 is 0. The predicted molar refractivity (Wildman–Crippen MR) is 115 cm³/mol. The fraction of sp³-hybridized carbons (Fsp3) is 0.692. The summed E-state index contributed by atoms with van der Waals surface area (Å²) in [6, 6.07) is 4.45. The molecule has 8 rings (SSSR count). The lowest BCUT2D eigenvalue weighted by Crippen LogP contribution is -2.77. The first kappa shape index (κ1) is 18.1. The van der Waals surface area contributed by atoms with E-state index in [2.05, 4.69) is 30.0 Å². The number of hydrogen-bond acceptors (Lipinski definition) is 4. The second-order valence-electron chi connectivity index (χ2n) is 12.0. The summed E-state index contributed by atoms with van der Waals surface area (Å²) in [5, 5.41) is 22.1. The lowest BCUT2D eigenvalue weighted by molar-refractivity contribution is -0.202. The van der Waals surface area contributed by atoms with Crippen LogP contribution in [-0.4, -0.2) is 45.9 Å². The van der Waals surface area contributed by atoms with Crippen molar-refractivity contribution in [2.24, 2.45) is 22.7 Å². The summed E-state index contributed by atoms with van der Waals surface area (Å²) in [5.74, 6) is 2.03. The van der Waals surface area contributed by atoms with E-state index in [1.54, 1.807) is 0 Å². The zero-order valence-corrected chi connectivity index (χ0v) is 18.3. The van der Waals surface area contributed by atoms with E-state index in [0.717, 1.165) is 37.5 Å². The van der Waals surface area contributed by atoms with Gasteiger partial charge in [0.25, 0.3) is 0 Å². The van der Waals surface area contributed by atoms with Gasteiger partial charge in [-0.05, 0) is 70.0 Å². The van der Waals surface area contributed by atoms with E-state index in [1.165, 1.54) is 30.5 Å². The Balaban J connectivity index is 1.50. The molecule has 1 aromatic rings. The molecule has 2 N–H and O–H groups in total. The number of aliphatic hydroxyl groups is 1. The third-order valence-electron chi connectivity index (χ3n) is 10.1. The summed E-state index contributed by atoms with van der Waals surface area (Å²) < 4.78 is 6.76. The number of nitrogens with zero attached hydrogens (tertiary/aromatic N) is 1. The summed E-state index contributed by atoms with van der Waals surface area (Å²) in [7, 11) is 0. The highest BCUT2D eigenvalue weighted by Crippen LogP contribution is 2.76. The Hall–Kier alpha value is -1.52. The smallest absolute Gasteiger partial charge is 0.165 e. The quantitative estimate of drug-likeness (QED) is 0.749. The number of likely N-dealkylation sites (tertiary alicyclic amines) is 1. The van der Waals surface area contributed by atoms with Crippen molar-refractivity contribution >= 4 is 0 Å². The van der Waals surface area contributed by atoms with E-state index in [4.69, 9.17) is 4.74 Å². The number of benzene rings is 1. The monoisotopic (exact) mass is 407 g/mol. The van der Waals surface area contributed by atoms with Gasteiger partial charge in [0.1, 0.15) is 6.10 Å². The van der Waals surface area contributed by atoms with E-state index in [0.29, 0.717) is 6.04 Å². The average Bonchev–Trinajstić information content (AvgIpc) is 3.42. The molecule has 4 heteroatoms. The standard InChI is InChI=1S/C26H33NO3/c1-23(2,29)18-13-25-9-8-24(18,3)22-26(25)10-11-27(14-15-4-5-15)19(25)12-16-6-7-17(28)21(30-22)20(16)26/h6-9,15,18-19,22,28-29H,4-5,10-14H2,1-3H3/t18-,19+,22+,24+,25-,26+/m1/s1. The fourth-order valence-electron chi connectivity index (χ4n) is 8.76. The molecule has 5 aliphatic carbocycles. The number of phenolic OH excluding ortho intramolecular Hbond substituents is 1. The van der Waals surface area contributed by atoms with Crippen LogP contribution >= 0.6 is 0 Å². The van der Waals surface area contributed by atoms with Gasteiger partial charge in [-0.2, -0.15) is 0 Å². The van der Waals surface area contributed by atoms with Gasteiger partial charge in [0.2, 0.25) is 0 Å². The van der Waals surface area contributed by atoms with Gasteiger partial charge in [0.15, 0.2) is 11.5 Å². The average molecular weight is 408 g/mol. The van der Waals surface area contributed by atoms with Crippen LogP contribution in [0.3, 0.4) is 0 Å². The predicted octanol–water partition coefficient (Wildman–Crippen LogP) is 3.78. The molecule has 0 radical (unpaired) electrons. The third-order valence-corrected chi connectivity index (χ3v) is 10.1. The summed E-state index contributed by atoms with van der Waals surface area (Å²) in [6.45, 7) is 8.58.